The van der Waals surface area contributed by atoms with Crippen molar-refractivity contribution < 1.29 is 4.74 Å². The average Bonchev–Trinajstić information content (AvgIpc) is 3.22. The van der Waals surface area contributed by atoms with Crippen LogP contribution in [0.5, 0.6) is 5.75 Å². The molecule has 0 spiro atoms. The van der Waals surface area contributed by atoms with Crippen molar-refractivity contribution in [1.82, 2.24) is 9.97 Å². The standard InChI is InChI=1S/C22H24N4O/c1-2-6-17(7-3-1)16-27-20-12-10-19(11-13-20)25-22-23-15-14-21(26-22)24-18-8-4-5-9-18/h1-3,6-7,10-15,18H,4-5,8-9,16H2,(H2,23,24,25,26). The number of benzene rings is 2. The fourth-order valence-corrected chi connectivity index (χ4v) is 3.28. The minimum atomic E-state index is 0.536. The lowest BCUT2D eigenvalue weighted by Gasteiger charge is -2.13. The highest BCUT2D eigenvalue weighted by atomic mass is 16.5. The Kier molecular flexibility index (Phi) is 5.48. The predicted octanol–water partition coefficient (Wildman–Crippen LogP) is 5.15. The molecule has 138 valence electrons. The van der Waals surface area contributed by atoms with E-state index in [-0.39, 0.29) is 0 Å². The van der Waals surface area contributed by atoms with Gasteiger partial charge in [0.15, 0.2) is 0 Å². The Morgan fingerprint density at radius 1 is 0.926 bits per heavy atom. The van der Waals surface area contributed by atoms with Crippen LogP contribution in [0.25, 0.3) is 0 Å². The zero-order valence-corrected chi connectivity index (χ0v) is 15.3. The fourth-order valence-electron chi connectivity index (χ4n) is 3.28. The Bertz CT molecular complexity index is 846. The van der Waals surface area contributed by atoms with Crippen LogP contribution in [-0.2, 0) is 6.61 Å². The number of hydrogen-bond donors (Lipinski definition) is 2. The quantitative estimate of drug-likeness (QED) is 0.610. The van der Waals surface area contributed by atoms with Crippen molar-refractivity contribution in [2.75, 3.05) is 10.6 Å². The van der Waals surface area contributed by atoms with Crippen LogP contribution < -0.4 is 15.4 Å². The highest BCUT2D eigenvalue weighted by molar-refractivity contribution is 5.56. The summed E-state index contributed by atoms with van der Waals surface area (Å²) in [7, 11) is 0. The van der Waals surface area contributed by atoms with Gasteiger partial charge < -0.3 is 15.4 Å². The van der Waals surface area contributed by atoms with E-state index < -0.39 is 0 Å². The summed E-state index contributed by atoms with van der Waals surface area (Å²) < 4.78 is 5.82. The molecule has 1 fully saturated rings. The third kappa shape index (κ3) is 4.97. The molecule has 27 heavy (non-hydrogen) atoms. The summed E-state index contributed by atoms with van der Waals surface area (Å²) in [6, 6.07) is 20.4. The topological polar surface area (TPSA) is 59.1 Å². The van der Waals surface area contributed by atoms with Gasteiger partial charge in [-0.3, -0.25) is 0 Å². The first-order valence-electron chi connectivity index (χ1n) is 9.48. The van der Waals surface area contributed by atoms with Crippen molar-refractivity contribution in [1.29, 1.82) is 0 Å². The number of hydrogen-bond acceptors (Lipinski definition) is 5. The summed E-state index contributed by atoms with van der Waals surface area (Å²) in [6.45, 7) is 0.561. The van der Waals surface area contributed by atoms with Gasteiger partial charge in [-0.15, -0.1) is 0 Å². The Labute approximate surface area is 159 Å². The molecule has 0 amide bonds. The lowest BCUT2D eigenvalue weighted by atomic mass is 10.2. The lowest BCUT2D eigenvalue weighted by molar-refractivity contribution is 0.306. The van der Waals surface area contributed by atoms with Gasteiger partial charge in [-0.05, 0) is 48.7 Å². The van der Waals surface area contributed by atoms with Gasteiger partial charge in [0.2, 0.25) is 5.95 Å². The van der Waals surface area contributed by atoms with Crippen molar-refractivity contribution in [2.45, 2.75) is 38.3 Å². The summed E-state index contributed by atoms with van der Waals surface area (Å²) in [5.41, 5.74) is 2.08. The zero-order chi connectivity index (χ0) is 18.3. The maximum absolute atomic E-state index is 5.82. The van der Waals surface area contributed by atoms with E-state index in [1.165, 1.54) is 25.7 Å². The molecule has 0 radical (unpaired) electrons. The normalized spacial score (nSPS) is 14.1. The molecule has 2 N–H and O–H groups in total. The molecule has 3 aromatic rings. The van der Waals surface area contributed by atoms with Crippen molar-refractivity contribution in [3.05, 3.63) is 72.4 Å². The molecule has 0 atom stereocenters. The first kappa shape index (κ1) is 17.3. The van der Waals surface area contributed by atoms with Gasteiger partial charge in [0.25, 0.3) is 0 Å². The number of rotatable bonds is 7. The van der Waals surface area contributed by atoms with E-state index in [1.54, 1.807) is 6.20 Å². The largest absolute Gasteiger partial charge is 0.489 e. The van der Waals surface area contributed by atoms with Crippen molar-refractivity contribution in [2.24, 2.45) is 0 Å². The molecule has 1 aliphatic carbocycles. The molecule has 1 heterocycles. The molecule has 0 saturated heterocycles. The van der Waals surface area contributed by atoms with Crippen LogP contribution in [0.4, 0.5) is 17.5 Å². The highest BCUT2D eigenvalue weighted by Gasteiger charge is 2.15. The zero-order valence-electron chi connectivity index (χ0n) is 15.3. The fraction of sp³-hybridized carbons (Fsp3) is 0.273. The molecule has 1 aromatic heterocycles. The Morgan fingerprint density at radius 2 is 1.70 bits per heavy atom. The van der Waals surface area contributed by atoms with Crippen LogP contribution in [0.1, 0.15) is 31.2 Å². The highest BCUT2D eigenvalue weighted by Crippen LogP contribution is 2.23. The van der Waals surface area contributed by atoms with Gasteiger partial charge in [-0.2, -0.15) is 4.98 Å². The monoisotopic (exact) mass is 360 g/mol. The summed E-state index contributed by atoms with van der Waals surface area (Å²) in [5.74, 6) is 2.31. The second-order valence-corrected chi connectivity index (χ2v) is 6.81. The maximum Gasteiger partial charge on any atom is 0.229 e. The SMILES string of the molecule is c1ccc(COc2ccc(Nc3nccc(NC4CCCC4)n3)cc2)cc1. The molecular weight excluding hydrogens is 336 g/mol. The van der Waals surface area contributed by atoms with Crippen LogP contribution >= 0.6 is 0 Å². The third-order valence-corrected chi connectivity index (χ3v) is 4.72. The van der Waals surface area contributed by atoms with Crippen LogP contribution in [0.15, 0.2) is 66.9 Å². The number of anilines is 3. The van der Waals surface area contributed by atoms with Gasteiger partial charge in [0, 0.05) is 17.9 Å². The summed E-state index contributed by atoms with van der Waals surface area (Å²) in [4.78, 5) is 8.88. The number of aromatic nitrogens is 2. The summed E-state index contributed by atoms with van der Waals surface area (Å²) in [5, 5.41) is 6.75. The minimum Gasteiger partial charge on any atom is -0.489 e. The average molecular weight is 360 g/mol. The van der Waals surface area contributed by atoms with Crippen LogP contribution in [0.2, 0.25) is 0 Å². The van der Waals surface area contributed by atoms with Crippen molar-refractivity contribution >= 4 is 17.5 Å². The molecule has 2 aromatic carbocycles. The van der Waals surface area contributed by atoms with E-state index in [4.69, 9.17) is 4.74 Å². The van der Waals surface area contributed by atoms with Gasteiger partial charge in [-0.1, -0.05) is 43.2 Å². The number of ether oxygens (including phenoxy) is 1. The van der Waals surface area contributed by atoms with Gasteiger partial charge >= 0.3 is 0 Å². The van der Waals surface area contributed by atoms with Crippen molar-refractivity contribution in [3.8, 4) is 5.75 Å². The van der Waals surface area contributed by atoms with Crippen LogP contribution in [-0.4, -0.2) is 16.0 Å². The van der Waals surface area contributed by atoms with E-state index >= 15 is 0 Å². The second-order valence-electron chi connectivity index (χ2n) is 6.81. The molecule has 5 heteroatoms. The van der Waals surface area contributed by atoms with Gasteiger partial charge in [0.1, 0.15) is 18.2 Å². The van der Waals surface area contributed by atoms with Crippen LogP contribution in [0.3, 0.4) is 0 Å². The number of nitrogens with one attached hydrogen (secondary N) is 2. The summed E-state index contributed by atoms with van der Waals surface area (Å²) in [6.07, 6.45) is 6.82. The first-order valence-corrected chi connectivity index (χ1v) is 9.48. The minimum absolute atomic E-state index is 0.536. The second kappa shape index (κ2) is 8.54. The van der Waals surface area contributed by atoms with Crippen molar-refractivity contribution in [3.63, 3.8) is 0 Å². The molecule has 1 saturated carbocycles. The Hall–Kier alpha value is -3.08. The van der Waals surface area contributed by atoms with E-state index in [1.807, 2.05) is 48.5 Å². The predicted molar refractivity (Wildman–Crippen MR) is 108 cm³/mol. The Balaban J connectivity index is 1.34. The van der Waals surface area contributed by atoms with E-state index in [9.17, 15) is 0 Å². The smallest absolute Gasteiger partial charge is 0.229 e. The van der Waals surface area contributed by atoms with Crippen LogP contribution in [0, 0.1) is 0 Å². The van der Waals surface area contributed by atoms with E-state index in [0.717, 1.165) is 22.8 Å². The van der Waals surface area contributed by atoms with E-state index in [0.29, 0.717) is 18.6 Å². The number of nitrogens with zero attached hydrogens (tertiary/aromatic N) is 2. The molecule has 1 aliphatic rings. The first-order chi connectivity index (χ1) is 13.3. The molecular formula is C22H24N4O. The third-order valence-electron chi connectivity index (χ3n) is 4.72. The van der Waals surface area contributed by atoms with Gasteiger partial charge in [-0.25, -0.2) is 4.98 Å². The van der Waals surface area contributed by atoms with E-state index in [2.05, 4.69) is 32.7 Å². The van der Waals surface area contributed by atoms with Gasteiger partial charge in [0.05, 0.1) is 0 Å². The summed E-state index contributed by atoms with van der Waals surface area (Å²) >= 11 is 0. The lowest BCUT2D eigenvalue weighted by Crippen LogP contribution is -2.15. The maximum atomic E-state index is 5.82. The molecule has 0 aliphatic heterocycles. The molecule has 5 nitrogen and oxygen atoms in total. The molecule has 0 unspecified atom stereocenters. The molecule has 4 rings (SSSR count). The molecule has 0 bridgehead atoms. The Morgan fingerprint density at radius 3 is 2.48 bits per heavy atom.